The number of carboxylic acids is 1. The third-order valence-electron chi connectivity index (χ3n) is 2.95. The van der Waals surface area contributed by atoms with Crippen molar-refractivity contribution in [3.05, 3.63) is 29.5 Å². The zero-order chi connectivity index (χ0) is 15.0. The van der Waals surface area contributed by atoms with Crippen molar-refractivity contribution in [3.8, 4) is 22.8 Å². The van der Waals surface area contributed by atoms with Crippen molar-refractivity contribution >= 4 is 5.97 Å². The Balaban J connectivity index is 2.12. The Bertz CT molecular complexity index is 698. The Morgan fingerprint density at radius 2 is 1.86 bits per heavy atom. The van der Waals surface area contributed by atoms with E-state index in [0.717, 1.165) is 6.07 Å². The van der Waals surface area contributed by atoms with Gasteiger partial charge in [0.25, 0.3) is 6.43 Å². The zero-order valence-electron chi connectivity index (χ0n) is 10.5. The quantitative estimate of drug-likeness (QED) is 0.938. The molecule has 0 fully saturated rings. The minimum absolute atomic E-state index is 0.000302. The Labute approximate surface area is 116 Å². The molecule has 0 atom stereocenters. The molecule has 1 N–H and O–H groups in total. The number of rotatable bonds is 3. The fraction of sp³-hybridized carbons (Fsp3) is 0.231. The average Bonchev–Trinajstić information content (AvgIpc) is 2.95. The van der Waals surface area contributed by atoms with Gasteiger partial charge in [-0.15, -0.1) is 0 Å². The van der Waals surface area contributed by atoms with Crippen LogP contribution in [0.1, 0.15) is 22.5 Å². The summed E-state index contributed by atoms with van der Waals surface area (Å²) in [6.45, 7) is 0.585. The molecule has 0 spiro atoms. The van der Waals surface area contributed by atoms with Crippen LogP contribution < -0.4 is 9.47 Å². The number of nitrogens with zero attached hydrogens (tertiary/aromatic N) is 1. The van der Waals surface area contributed by atoms with E-state index in [0.29, 0.717) is 12.4 Å². The smallest absolute Gasteiger partial charge is 0.374 e. The van der Waals surface area contributed by atoms with Crippen molar-refractivity contribution in [2.75, 3.05) is 13.2 Å². The van der Waals surface area contributed by atoms with Crippen molar-refractivity contribution in [3.63, 3.8) is 0 Å². The molecule has 1 aliphatic rings. The maximum Gasteiger partial charge on any atom is 0.374 e. The van der Waals surface area contributed by atoms with E-state index in [2.05, 4.69) is 9.68 Å². The van der Waals surface area contributed by atoms with E-state index in [4.69, 9.17) is 14.6 Å². The third-order valence-corrected chi connectivity index (χ3v) is 2.95. The summed E-state index contributed by atoms with van der Waals surface area (Å²) in [4.78, 5) is 10.8. The second-order valence-electron chi connectivity index (χ2n) is 4.27. The van der Waals surface area contributed by atoms with Gasteiger partial charge in [-0.2, -0.15) is 0 Å². The Morgan fingerprint density at radius 1 is 1.19 bits per heavy atom. The zero-order valence-corrected chi connectivity index (χ0v) is 10.5. The van der Waals surface area contributed by atoms with E-state index >= 15 is 0 Å². The lowest BCUT2D eigenvalue weighted by molar-refractivity contribution is 0.0652. The van der Waals surface area contributed by atoms with E-state index in [1.54, 1.807) is 0 Å². The summed E-state index contributed by atoms with van der Waals surface area (Å²) in [5.74, 6) is -1.23. The number of ether oxygens (including phenoxy) is 2. The predicted octanol–water partition coefficient (Wildman–Crippen LogP) is 2.75. The average molecular weight is 297 g/mol. The molecule has 0 saturated carbocycles. The van der Waals surface area contributed by atoms with Gasteiger partial charge in [-0.1, -0.05) is 5.16 Å². The van der Waals surface area contributed by atoms with E-state index < -0.39 is 18.2 Å². The molecule has 0 aliphatic carbocycles. The molecular formula is C13H9F2NO5. The molecule has 6 nitrogen and oxygen atoms in total. The van der Waals surface area contributed by atoms with Gasteiger partial charge in [0.1, 0.15) is 18.9 Å². The van der Waals surface area contributed by atoms with Crippen molar-refractivity contribution in [2.24, 2.45) is 0 Å². The number of halogens is 2. The minimum atomic E-state index is -2.78. The lowest BCUT2D eigenvalue weighted by Crippen LogP contribution is -2.15. The summed E-state index contributed by atoms with van der Waals surface area (Å²) in [6.07, 6.45) is -2.78. The lowest BCUT2D eigenvalue weighted by Gasteiger charge is -2.20. The molecule has 110 valence electrons. The maximum atomic E-state index is 13.2. The van der Waals surface area contributed by atoms with E-state index in [1.807, 2.05) is 0 Å². The highest BCUT2D eigenvalue weighted by molar-refractivity contribution is 5.86. The number of fused-ring (bicyclic) bond motifs is 1. The topological polar surface area (TPSA) is 81.8 Å². The van der Waals surface area contributed by atoms with Gasteiger partial charge in [-0.25, -0.2) is 13.6 Å². The third kappa shape index (κ3) is 2.39. The molecule has 3 rings (SSSR count). The second-order valence-corrected chi connectivity index (χ2v) is 4.27. The monoisotopic (exact) mass is 297 g/mol. The standard InChI is InChI=1S/C13H9F2NO5/c14-12(15)7-4-10-9(19-1-2-20-10)3-6(7)8-5-11(13(17)18)21-16-8/h3-5,12H,1-2H2,(H,17,18). The highest BCUT2D eigenvalue weighted by atomic mass is 19.3. The van der Waals surface area contributed by atoms with E-state index in [-0.39, 0.29) is 29.2 Å². The van der Waals surface area contributed by atoms with Gasteiger partial charge in [-0.3, -0.25) is 0 Å². The largest absolute Gasteiger partial charge is 0.486 e. The van der Waals surface area contributed by atoms with Crippen LogP contribution >= 0.6 is 0 Å². The van der Waals surface area contributed by atoms with Crippen molar-refractivity contribution in [1.29, 1.82) is 0 Å². The molecule has 1 aromatic heterocycles. The summed E-state index contributed by atoms with van der Waals surface area (Å²) in [5.41, 5.74) is -0.283. The molecule has 2 heterocycles. The van der Waals surface area contributed by atoms with Gasteiger partial charge in [0, 0.05) is 17.2 Å². The first-order valence-electron chi connectivity index (χ1n) is 5.98. The first-order chi connectivity index (χ1) is 10.1. The maximum absolute atomic E-state index is 13.2. The molecule has 1 aliphatic heterocycles. The highest BCUT2D eigenvalue weighted by Gasteiger charge is 2.24. The Morgan fingerprint density at radius 3 is 2.43 bits per heavy atom. The number of aromatic carboxylic acids is 1. The molecular weight excluding hydrogens is 288 g/mol. The van der Waals surface area contributed by atoms with Crippen molar-refractivity contribution < 1.29 is 32.7 Å². The van der Waals surface area contributed by atoms with Crippen LogP contribution in [0, 0.1) is 0 Å². The number of aromatic nitrogens is 1. The Kier molecular flexibility index (Phi) is 3.20. The van der Waals surface area contributed by atoms with Crippen LogP contribution in [0.3, 0.4) is 0 Å². The van der Waals surface area contributed by atoms with Gasteiger partial charge >= 0.3 is 5.97 Å². The van der Waals surface area contributed by atoms with Crippen molar-refractivity contribution in [1.82, 2.24) is 5.16 Å². The SMILES string of the molecule is O=C(O)c1cc(-c2cc3c(cc2C(F)F)OCCO3)no1. The number of hydrogen-bond donors (Lipinski definition) is 1. The molecule has 0 unspecified atom stereocenters. The van der Waals surface area contributed by atoms with Crippen LogP contribution in [0.4, 0.5) is 8.78 Å². The minimum Gasteiger partial charge on any atom is -0.486 e. The molecule has 2 aromatic rings. The summed E-state index contributed by atoms with van der Waals surface area (Å²) >= 11 is 0. The molecule has 8 heteroatoms. The van der Waals surface area contributed by atoms with E-state index in [9.17, 15) is 13.6 Å². The van der Waals surface area contributed by atoms with Gasteiger partial charge < -0.3 is 19.1 Å². The second kappa shape index (κ2) is 5.04. The van der Waals surface area contributed by atoms with Crippen LogP contribution in [0.2, 0.25) is 0 Å². The molecule has 21 heavy (non-hydrogen) atoms. The van der Waals surface area contributed by atoms with Crippen LogP contribution in [0.15, 0.2) is 22.7 Å². The van der Waals surface area contributed by atoms with Crippen LogP contribution in [0.25, 0.3) is 11.3 Å². The number of carboxylic acid groups (broad SMARTS) is 1. The summed E-state index contributed by atoms with van der Waals surface area (Å²) in [6, 6.07) is 3.60. The van der Waals surface area contributed by atoms with Gasteiger partial charge in [0.05, 0.1) is 0 Å². The first-order valence-corrected chi connectivity index (χ1v) is 5.98. The van der Waals surface area contributed by atoms with E-state index in [1.165, 1.54) is 12.1 Å². The lowest BCUT2D eigenvalue weighted by atomic mass is 10.0. The number of alkyl halides is 2. The predicted molar refractivity (Wildman–Crippen MR) is 64.8 cm³/mol. The molecule has 0 radical (unpaired) electrons. The summed E-state index contributed by atoms with van der Waals surface area (Å²) < 4.78 is 41.5. The van der Waals surface area contributed by atoms with Crippen molar-refractivity contribution in [2.45, 2.75) is 6.43 Å². The normalized spacial score (nSPS) is 13.5. The first kappa shape index (κ1) is 13.3. The van der Waals surface area contributed by atoms with Gasteiger partial charge in [0.2, 0.25) is 5.76 Å². The van der Waals surface area contributed by atoms with Crippen LogP contribution in [-0.4, -0.2) is 29.4 Å². The fourth-order valence-electron chi connectivity index (χ4n) is 2.01. The highest BCUT2D eigenvalue weighted by Crippen LogP contribution is 2.40. The summed E-state index contributed by atoms with van der Waals surface area (Å²) in [7, 11) is 0. The molecule has 0 bridgehead atoms. The number of benzene rings is 1. The number of hydrogen-bond acceptors (Lipinski definition) is 5. The van der Waals surface area contributed by atoms with Gasteiger partial charge in [0.15, 0.2) is 11.5 Å². The summed E-state index contributed by atoms with van der Waals surface area (Å²) in [5, 5.41) is 12.3. The van der Waals surface area contributed by atoms with Gasteiger partial charge in [-0.05, 0) is 12.1 Å². The fourth-order valence-corrected chi connectivity index (χ4v) is 2.01. The molecule has 0 saturated heterocycles. The molecule has 1 aromatic carbocycles. The molecule has 0 amide bonds. The van der Waals surface area contributed by atoms with Crippen LogP contribution in [0.5, 0.6) is 11.5 Å². The Hall–Kier alpha value is -2.64. The van der Waals surface area contributed by atoms with Crippen LogP contribution in [-0.2, 0) is 0 Å². The number of carbonyl (C=O) groups is 1.